The minimum Gasteiger partial charge on any atom is -0.373 e. The molecule has 1 aromatic carbocycles. The van der Waals surface area contributed by atoms with Gasteiger partial charge in [0.05, 0.1) is 6.10 Å². The molecular weight excluding hydrogens is 312 g/mol. The molecule has 3 N–H and O–H groups in total. The molecule has 1 aromatic rings. The van der Waals surface area contributed by atoms with E-state index in [0.717, 1.165) is 19.3 Å². The molecule has 0 heterocycles. The van der Waals surface area contributed by atoms with Crippen molar-refractivity contribution in [2.75, 3.05) is 13.2 Å². The monoisotopic (exact) mass is 340 g/mol. The second-order valence-corrected chi connectivity index (χ2v) is 6.24. The minimum absolute atomic E-state index is 0. The van der Waals surface area contributed by atoms with Crippen molar-refractivity contribution in [3.8, 4) is 0 Å². The van der Waals surface area contributed by atoms with Gasteiger partial charge in [0.2, 0.25) is 5.91 Å². The van der Waals surface area contributed by atoms with Crippen LogP contribution >= 0.6 is 12.4 Å². The molecule has 1 amide bonds. The highest BCUT2D eigenvalue weighted by Crippen LogP contribution is 2.32. The van der Waals surface area contributed by atoms with Gasteiger partial charge in [0.15, 0.2) is 0 Å². The van der Waals surface area contributed by atoms with Crippen molar-refractivity contribution in [1.29, 1.82) is 0 Å². The van der Waals surface area contributed by atoms with Crippen LogP contribution in [-0.2, 0) is 16.0 Å². The van der Waals surface area contributed by atoms with Gasteiger partial charge in [0, 0.05) is 25.1 Å². The highest BCUT2D eigenvalue weighted by Gasteiger charge is 2.20. The summed E-state index contributed by atoms with van der Waals surface area (Å²) in [6, 6.07) is 8.42. The number of benzene rings is 1. The summed E-state index contributed by atoms with van der Waals surface area (Å²) >= 11 is 0. The number of amides is 1. The number of hydrogen-bond donors (Lipinski definition) is 2. The third kappa shape index (κ3) is 5.79. The Morgan fingerprint density at radius 3 is 2.87 bits per heavy atom. The standard InChI is InChI=1S/C18H28N2O2.ClH/c1-13(14(2)19)18(21)20-11-6-12-22-17-10-5-8-15-7-3-4-9-16(15)17;/h3-4,7,9,13-14,17H,5-6,8,10-12,19H2,1-2H3,(H,20,21);1H. The Kier molecular flexibility index (Phi) is 8.59. The van der Waals surface area contributed by atoms with Gasteiger partial charge in [-0.2, -0.15) is 0 Å². The Labute approximate surface area is 145 Å². The third-order valence-corrected chi connectivity index (χ3v) is 4.46. The lowest BCUT2D eigenvalue weighted by Gasteiger charge is -2.25. The van der Waals surface area contributed by atoms with Crippen molar-refractivity contribution >= 4 is 18.3 Å². The fraction of sp³-hybridized carbons (Fsp3) is 0.611. The summed E-state index contributed by atoms with van der Waals surface area (Å²) in [6.07, 6.45) is 4.47. The largest absolute Gasteiger partial charge is 0.373 e. The maximum absolute atomic E-state index is 11.8. The summed E-state index contributed by atoms with van der Waals surface area (Å²) in [5.74, 6) is -0.121. The van der Waals surface area contributed by atoms with Crippen molar-refractivity contribution in [1.82, 2.24) is 5.32 Å². The van der Waals surface area contributed by atoms with Crippen LogP contribution in [0.3, 0.4) is 0 Å². The molecule has 4 nitrogen and oxygen atoms in total. The van der Waals surface area contributed by atoms with Crippen LogP contribution in [0.4, 0.5) is 0 Å². The van der Waals surface area contributed by atoms with Crippen molar-refractivity contribution in [3.05, 3.63) is 35.4 Å². The zero-order valence-corrected chi connectivity index (χ0v) is 14.9. The Hall–Kier alpha value is -1.10. The molecule has 0 saturated heterocycles. The molecule has 2 rings (SSSR count). The molecule has 3 unspecified atom stereocenters. The minimum atomic E-state index is -0.147. The summed E-state index contributed by atoms with van der Waals surface area (Å²) in [6.45, 7) is 5.03. The molecule has 0 aromatic heterocycles. The molecule has 0 spiro atoms. The van der Waals surface area contributed by atoms with Crippen LogP contribution in [0.25, 0.3) is 0 Å². The molecule has 1 aliphatic carbocycles. The van der Waals surface area contributed by atoms with E-state index in [-0.39, 0.29) is 36.4 Å². The summed E-state index contributed by atoms with van der Waals surface area (Å²) in [4.78, 5) is 11.8. The Morgan fingerprint density at radius 1 is 1.39 bits per heavy atom. The van der Waals surface area contributed by atoms with E-state index in [9.17, 15) is 4.79 Å². The Bertz CT molecular complexity index is 494. The van der Waals surface area contributed by atoms with Crippen LogP contribution in [0, 0.1) is 5.92 Å². The first-order valence-electron chi connectivity index (χ1n) is 8.32. The highest BCUT2D eigenvalue weighted by atomic mass is 35.5. The average molecular weight is 341 g/mol. The number of rotatable bonds is 7. The topological polar surface area (TPSA) is 64.4 Å². The zero-order valence-electron chi connectivity index (χ0n) is 14.1. The molecule has 0 aliphatic heterocycles. The molecule has 1 aliphatic rings. The molecule has 5 heteroatoms. The highest BCUT2D eigenvalue weighted by molar-refractivity contribution is 5.85. The number of halogens is 1. The number of aryl methyl sites for hydroxylation is 1. The van der Waals surface area contributed by atoms with Gasteiger partial charge in [-0.3, -0.25) is 4.79 Å². The first-order chi connectivity index (χ1) is 10.6. The molecule has 130 valence electrons. The fourth-order valence-corrected chi connectivity index (χ4v) is 2.79. The second kappa shape index (κ2) is 9.91. The lowest BCUT2D eigenvalue weighted by molar-refractivity contribution is -0.125. The van der Waals surface area contributed by atoms with Gasteiger partial charge in [-0.25, -0.2) is 0 Å². The predicted octanol–water partition coefficient (Wildman–Crippen LogP) is 2.99. The Morgan fingerprint density at radius 2 is 2.13 bits per heavy atom. The van der Waals surface area contributed by atoms with Crippen LogP contribution in [0.15, 0.2) is 24.3 Å². The van der Waals surface area contributed by atoms with Crippen LogP contribution in [0.5, 0.6) is 0 Å². The number of ether oxygens (including phenoxy) is 1. The number of carbonyl (C=O) groups excluding carboxylic acids is 1. The number of carbonyl (C=O) groups is 1. The van der Waals surface area contributed by atoms with E-state index in [0.29, 0.717) is 13.2 Å². The second-order valence-electron chi connectivity index (χ2n) is 6.24. The lowest BCUT2D eigenvalue weighted by Crippen LogP contribution is -2.39. The number of hydrogen-bond acceptors (Lipinski definition) is 3. The number of nitrogens with two attached hydrogens (primary N) is 1. The maximum atomic E-state index is 11.8. The zero-order chi connectivity index (χ0) is 15.9. The Balaban J connectivity index is 0.00000264. The first kappa shape index (κ1) is 19.9. The van der Waals surface area contributed by atoms with E-state index in [4.69, 9.17) is 10.5 Å². The number of nitrogens with one attached hydrogen (secondary N) is 1. The van der Waals surface area contributed by atoms with Gasteiger partial charge < -0.3 is 15.8 Å². The van der Waals surface area contributed by atoms with E-state index in [1.165, 1.54) is 17.5 Å². The molecule has 0 saturated carbocycles. The van der Waals surface area contributed by atoms with Crippen LogP contribution in [-0.4, -0.2) is 25.1 Å². The third-order valence-electron chi connectivity index (χ3n) is 4.46. The molecule has 0 fully saturated rings. The van der Waals surface area contributed by atoms with Crippen LogP contribution in [0.2, 0.25) is 0 Å². The molecule has 0 bridgehead atoms. The van der Waals surface area contributed by atoms with E-state index < -0.39 is 0 Å². The number of fused-ring (bicyclic) bond motifs is 1. The molecular formula is C18H29ClN2O2. The summed E-state index contributed by atoms with van der Waals surface area (Å²) in [7, 11) is 0. The van der Waals surface area contributed by atoms with Gasteiger partial charge in [0.1, 0.15) is 0 Å². The normalized spacial score (nSPS) is 19.2. The van der Waals surface area contributed by atoms with Gasteiger partial charge in [-0.1, -0.05) is 31.2 Å². The van der Waals surface area contributed by atoms with Gasteiger partial charge in [-0.05, 0) is 43.7 Å². The average Bonchev–Trinajstić information content (AvgIpc) is 2.53. The maximum Gasteiger partial charge on any atom is 0.224 e. The van der Waals surface area contributed by atoms with E-state index in [1.54, 1.807) is 0 Å². The quantitative estimate of drug-likeness (QED) is 0.750. The van der Waals surface area contributed by atoms with E-state index in [1.807, 2.05) is 13.8 Å². The van der Waals surface area contributed by atoms with Crippen molar-refractivity contribution < 1.29 is 9.53 Å². The summed E-state index contributed by atoms with van der Waals surface area (Å²) in [5.41, 5.74) is 8.48. The van der Waals surface area contributed by atoms with Crippen molar-refractivity contribution in [2.24, 2.45) is 11.7 Å². The smallest absolute Gasteiger partial charge is 0.224 e. The fourth-order valence-electron chi connectivity index (χ4n) is 2.79. The van der Waals surface area contributed by atoms with Gasteiger partial charge in [-0.15, -0.1) is 12.4 Å². The molecule has 0 radical (unpaired) electrons. The first-order valence-corrected chi connectivity index (χ1v) is 8.32. The van der Waals surface area contributed by atoms with Crippen molar-refractivity contribution in [2.45, 2.75) is 51.7 Å². The van der Waals surface area contributed by atoms with Crippen molar-refractivity contribution in [3.63, 3.8) is 0 Å². The molecule has 3 atom stereocenters. The molecule has 23 heavy (non-hydrogen) atoms. The van der Waals surface area contributed by atoms with E-state index >= 15 is 0 Å². The summed E-state index contributed by atoms with van der Waals surface area (Å²) in [5, 5.41) is 2.92. The van der Waals surface area contributed by atoms with Gasteiger partial charge >= 0.3 is 0 Å². The van der Waals surface area contributed by atoms with Gasteiger partial charge in [0.25, 0.3) is 0 Å². The van der Waals surface area contributed by atoms with Crippen LogP contribution < -0.4 is 11.1 Å². The van der Waals surface area contributed by atoms with E-state index in [2.05, 4.69) is 29.6 Å². The summed E-state index contributed by atoms with van der Waals surface area (Å²) < 4.78 is 6.02. The predicted molar refractivity (Wildman–Crippen MR) is 95.8 cm³/mol. The SMILES string of the molecule is CC(N)C(C)C(=O)NCCCOC1CCCc2ccccc21.Cl. The lowest BCUT2D eigenvalue weighted by atomic mass is 9.89. The van der Waals surface area contributed by atoms with Crippen LogP contribution in [0.1, 0.15) is 50.3 Å².